The smallest absolute Gasteiger partial charge is 0.212 e. The van der Waals surface area contributed by atoms with Gasteiger partial charge in [0, 0.05) is 11.6 Å². The van der Waals surface area contributed by atoms with Crippen LogP contribution in [0.5, 0.6) is 0 Å². The molecule has 0 aliphatic heterocycles. The molecule has 0 aliphatic carbocycles. The van der Waals surface area contributed by atoms with Crippen LogP contribution in [0, 0.1) is 0 Å². The summed E-state index contributed by atoms with van der Waals surface area (Å²) >= 11 is 3.07. The second-order valence-corrected chi connectivity index (χ2v) is 5.07. The van der Waals surface area contributed by atoms with Gasteiger partial charge in [0.05, 0.1) is 11.5 Å². The zero-order chi connectivity index (χ0) is 11.7. The van der Waals surface area contributed by atoms with E-state index >= 15 is 0 Å². The monoisotopic (exact) mass is 264 g/mol. The van der Waals surface area contributed by atoms with Crippen LogP contribution < -0.4 is 0 Å². The minimum atomic E-state index is -0.126. The molecule has 0 fully saturated rings. The van der Waals surface area contributed by atoms with Crippen molar-refractivity contribution in [2.24, 2.45) is 0 Å². The number of aliphatic hydroxyl groups is 1. The summed E-state index contributed by atoms with van der Waals surface area (Å²) in [7, 11) is 0. The summed E-state index contributed by atoms with van der Waals surface area (Å²) in [5.41, 5.74) is 1.39. The van der Waals surface area contributed by atoms with Crippen LogP contribution in [0.25, 0.3) is 15.7 Å². The summed E-state index contributed by atoms with van der Waals surface area (Å²) in [6, 6.07) is 3.94. The van der Waals surface area contributed by atoms with Crippen LogP contribution in [-0.2, 0) is 6.61 Å². The van der Waals surface area contributed by atoms with Crippen molar-refractivity contribution in [3.8, 4) is 15.7 Å². The maximum Gasteiger partial charge on any atom is 0.212 e. The van der Waals surface area contributed by atoms with Crippen molar-refractivity contribution < 1.29 is 5.11 Å². The van der Waals surface area contributed by atoms with Crippen LogP contribution in [0.4, 0.5) is 0 Å². The minimum absolute atomic E-state index is 0.126. The first-order chi connectivity index (χ1) is 8.40. The predicted molar refractivity (Wildman–Crippen MR) is 66.3 cm³/mol. The van der Waals surface area contributed by atoms with E-state index in [2.05, 4.69) is 15.3 Å². The summed E-state index contributed by atoms with van der Waals surface area (Å²) in [4.78, 5) is 5.23. The molecule has 3 aromatic rings. The lowest BCUT2D eigenvalue weighted by atomic mass is 10.3. The second-order valence-electron chi connectivity index (χ2n) is 3.25. The Bertz CT molecular complexity index is 600. The third-order valence-electron chi connectivity index (χ3n) is 2.24. The summed E-state index contributed by atoms with van der Waals surface area (Å²) in [6.07, 6.45) is 1.72. The maximum atomic E-state index is 9.30. The van der Waals surface area contributed by atoms with Gasteiger partial charge in [-0.25, -0.2) is 4.98 Å². The van der Waals surface area contributed by atoms with Crippen LogP contribution in [0.2, 0.25) is 0 Å². The van der Waals surface area contributed by atoms with Crippen LogP contribution >= 0.6 is 22.7 Å². The first kappa shape index (κ1) is 10.6. The Morgan fingerprint density at radius 2 is 2.24 bits per heavy atom. The molecule has 5 nitrogen and oxygen atoms in total. The average Bonchev–Trinajstić information content (AvgIpc) is 3.09. The topological polar surface area (TPSA) is 63.8 Å². The fourth-order valence-electron chi connectivity index (χ4n) is 1.53. The maximum absolute atomic E-state index is 9.30. The van der Waals surface area contributed by atoms with E-state index in [0.29, 0.717) is 5.69 Å². The van der Waals surface area contributed by atoms with E-state index < -0.39 is 0 Å². The van der Waals surface area contributed by atoms with Crippen molar-refractivity contribution in [1.82, 2.24) is 20.0 Å². The normalized spacial score (nSPS) is 10.9. The zero-order valence-electron chi connectivity index (χ0n) is 8.65. The quantitative estimate of drug-likeness (QED) is 0.785. The van der Waals surface area contributed by atoms with Gasteiger partial charge < -0.3 is 5.11 Å². The van der Waals surface area contributed by atoms with Gasteiger partial charge in [-0.05, 0) is 11.4 Å². The van der Waals surface area contributed by atoms with E-state index in [1.165, 1.54) is 11.3 Å². The lowest BCUT2D eigenvalue weighted by molar-refractivity contribution is 0.277. The van der Waals surface area contributed by atoms with Gasteiger partial charge in [-0.2, -0.15) is 4.68 Å². The number of thiophene rings is 1. The minimum Gasteiger partial charge on any atom is -0.390 e. The molecule has 86 valence electrons. The molecule has 0 bridgehead atoms. The zero-order valence-corrected chi connectivity index (χ0v) is 10.3. The third kappa shape index (κ3) is 1.78. The molecule has 1 N–H and O–H groups in total. The highest BCUT2D eigenvalue weighted by atomic mass is 32.1. The fourth-order valence-corrected chi connectivity index (χ4v) is 2.90. The van der Waals surface area contributed by atoms with Gasteiger partial charge in [0.15, 0.2) is 0 Å². The van der Waals surface area contributed by atoms with Gasteiger partial charge in [-0.3, -0.25) is 0 Å². The van der Waals surface area contributed by atoms with Crippen molar-refractivity contribution in [3.05, 3.63) is 34.8 Å². The van der Waals surface area contributed by atoms with E-state index in [0.717, 1.165) is 15.7 Å². The molecular weight excluding hydrogens is 256 g/mol. The van der Waals surface area contributed by atoms with Crippen LogP contribution in [0.1, 0.15) is 5.69 Å². The largest absolute Gasteiger partial charge is 0.390 e. The number of hydrogen-bond acceptors (Lipinski definition) is 6. The van der Waals surface area contributed by atoms with Crippen molar-refractivity contribution >= 4 is 22.7 Å². The summed E-state index contributed by atoms with van der Waals surface area (Å²) < 4.78 is 1.67. The average molecular weight is 264 g/mol. The first-order valence-corrected chi connectivity index (χ1v) is 6.65. The highest BCUT2D eigenvalue weighted by Crippen LogP contribution is 2.29. The highest BCUT2D eigenvalue weighted by Gasteiger charge is 2.17. The number of nitrogens with zero attached hydrogens (tertiary/aromatic N) is 4. The summed E-state index contributed by atoms with van der Waals surface area (Å²) in [5.74, 6) is 0. The SMILES string of the molecule is OCc1nnn(-c2nccs2)c1-c1cccs1. The Morgan fingerprint density at radius 1 is 1.29 bits per heavy atom. The third-order valence-corrected chi connectivity index (χ3v) is 3.87. The molecule has 3 heterocycles. The Labute approximate surface area is 105 Å². The Hall–Kier alpha value is -1.57. The molecule has 0 aliphatic rings. The molecule has 0 saturated heterocycles. The van der Waals surface area contributed by atoms with Gasteiger partial charge in [-0.1, -0.05) is 11.3 Å². The number of rotatable bonds is 3. The van der Waals surface area contributed by atoms with Gasteiger partial charge in [0.25, 0.3) is 0 Å². The molecule has 17 heavy (non-hydrogen) atoms. The fraction of sp³-hybridized carbons (Fsp3) is 0.100. The van der Waals surface area contributed by atoms with E-state index in [4.69, 9.17) is 0 Å². The number of aromatic nitrogens is 4. The van der Waals surface area contributed by atoms with Crippen molar-refractivity contribution in [2.75, 3.05) is 0 Å². The first-order valence-electron chi connectivity index (χ1n) is 4.89. The van der Waals surface area contributed by atoms with Crippen LogP contribution in [0.15, 0.2) is 29.1 Å². The van der Waals surface area contributed by atoms with Gasteiger partial charge in [0.2, 0.25) is 5.13 Å². The Balaban J connectivity index is 2.20. The van der Waals surface area contributed by atoms with Crippen molar-refractivity contribution in [2.45, 2.75) is 6.61 Å². The van der Waals surface area contributed by atoms with Gasteiger partial charge in [-0.15, -0.1) is 27.8 Å². The van der Waals surface area contributed by atoms with Crippen molar-refractivity contribution in [3.63, 3.8) is 0 Å². The molecule has 0 atom stereocenters. The van der Waals surface area contributed by atoms with E-state index in [-0.39, 0.29) is 6.61 Å². The molecule has 7 heteroatoms. The lowest BCUT2D eigenvalue weighted by Gasteiger charge is -2.01. The second kappa shape index (κ2) is 4.36. The number of aliphatic hydroxyl groups excluding tert-OH is 1. The van der Waals surface area contributed by atoms with Crippen LogP contribution in [-0.4, -0.2) is 25.1 Å². The molecule has 0 spiro atoms. The molecule has 0 aromatic carbocycles. The summed E-state index contributed by atoms with van der Waals surface area (Å²) in [6.45, 7) is -0.126. The lowest BCUT2D eigenvalue weighted by Crippen LogP contribution is -1.98. The number of thiazole rings is 1. The highest BCUT2D eigenvalue weighted by molar-refractivity contribution is 7.13. The van der Waals surface area contributed by atoms with E-state index in [1.54, 1.807) is 22.2 Å². The Morgan fingerprint density at radius 3 is 2.88 bits per heavy atom. The van der Waals surface area contributed by atoms with Gasteiger partial charge >= 0.3 is 0 Å². The van der Waals surface area contributed by atoms with Gasteiger partial charge in [0.1, 0.15) is 11.4 Å². The summed E-state index contributed by atoms with van der Waals surface area (Å²) in [5, 5.41) is 21.9. The van der Waals surface area contributed by atoms with E-state index in [9.17, 15) is 5.11 Å². The van der Waals surface area contributed by atoms with Crippen molar-refractivity contribution in [1.29, 1.82) is 0 Å². The molecular formula is C10H8N4OS2. The molecule has 0 unspecified atom stereocenters. The Kier molecular flexibility index (Phi) is 2.71. The predicted octanol–water partition coefficient (Wildman–Crippen LogP) is 1.94. The molecule has 0 radical (unpaired) electrons. The van der Waals surface area contributed by atoms with Crippen LogP contribution in [0.3, 0.4) is 0 Å². The number of hydrogen-bond donors (Lipinski definition) is 1. The standard InChI is InChI=1S/C10H8N4OS2/c15-6-7-9(8-2-1-4-16-8)14(13-12-7)10-11-3-5-17-10/h1-5,15H,6H2. The van der Waals surface area contributed by atoms with E-state index in [1.807, 2.05) is 22.9 Å². The molecule has 0 amide bonds. The molecule has 3 aromatic heterocycles. The molecule has 0 saturated carbocycles. The molecule has 3 rings (SSSR count).